The van der Waals surface area contributed by atoms with Crippen molar-refractivity contribution >= 4 is 53.4 Å². The van der Waals surface area contributed by atoms with E-state index in [1.807, 2.05) is 18.2 Å². The van der Waals surface area contributed by atoms with E-state index in [0.29, 0.717) is 29.4 Å². The molecule has 1 amide bonds. The summed E-state index contributed by atoms with van der Waals surface area (Å²) in [5.74, 6) is 0.171. The second kappa shape index (κ2) is 9.59. The molecule has 3 aromatic rings. The Morgan fingerprint density at radius 1 is 1.16 bits per heavy atom. The Morgan fingerprint density at radius 2 is 1.84 bits per heavy atom. The summed E-state index contributed by atoms with van der Waals surface area (Å²) in [7, 11) is -3.54. The molecule has 1 saturated heterocycles. The van der Waals surface area contributed by atoms with Gasteiger partial charge in [-0.25, -0.2) is 8.42 Å². The SMILES string of the molecule is CCCn1c(=NC(=O)c2ccc(S(=O)(=O)N3CCC(C)CC3)cc2)sc2cc(Br)ccc21. The molecule has 2 heterocycles. The van der Waals surface area contributed by atoms with E-state index in [-0.39, 0.29) is 10.8 Å². The molecular formula is C23H26BrN3O3S2. The molecule has 0 atom stereocenters. The number of thiazole rings is 1. The minimum atomic E-state index is -3.54. The molecule has 1 aliphatic heterocycles. The number of aromatic nitrogens is 1. The van der Waals surface area contributed by atoms with Gasteiger partial charge in [0, 0.05) is 29.7 Å². The lowest BCUT2D eigenvalue weighted by Crippen LogP contribution is -2.37. The zero-order chi connectivity index (χ0) is 22.9. The third-order valence-corrected chi connectivity index (χ3v) is 9.22. The lowest BCUT2D eigenvalue weighted by molar-refractivity contribution is 0.0997. The van der Waals surface area contributed by atoms with E-state index in [2.05, 4.69) is 39.3 Å². The first-order chi connectivity index (χ1) is 15.3. The normalized spacial score (nSPS) is 16.7. The van der Waals surface area contributed by atoms with Crippen molar-refractivity contribution in [3.05, 3.63) is 57.3 Å². The summed E-state index contributed by atoms with van der Waals surface area (Å²) < 4.78 is 31.5. The summed E-state index contributed by atoms with van der Waals surface area (Å²) in [4.78, 5) is 18.1. The number of nitrogens with zero attached hydrogens (tertiary/aromatic N) is 3. The Morgan fingerprint density at radius 3 is 2.50 bits per heavy atom. The number of fused-ring (bicyclic) bond motifs is 1. The van der Waals surface area contributed by atoms with Gasteiger partial charge >= 0.3 is 0 Å². The average Bonchev–Trinajstić information content (AvgIpc) is 3.10. The minimum absolute atomic E-state index is 0.219. The van der Waals surface area contributed by atoms with Gasteiger partial charge in [-0.3, -0.25) is 4.79 Å². The van der Waals surface area contributed by atoms with Gasteiger partial charge in [-0.1, -0.05) is 41.1 Å². The Kier molecular flexibility index (Phi) is 7.00. The predicted octanol–water partition coefficient (Wildman–Crippen LogP) is 5.04. The van der Waals surface area contributed by atoms with E-state index in [0.717, 1.165) is 40.5 Å². The first-order valence-corrected chi connectivity index (χ1v) is 13.8. The zero-order valence-corrected chi connectivity index (χ0v) is 21.3. The summed E-state index contributed by atoms with van der Waals surface area (Å²) in [6.45, 7) is 6.08. The number of hydrogen-bond donors (Lipinski definition) is 0. The molecule has 2 aromatic carbocycles. The number of hydrogen-bond acceptors (Lipinski definition) is 4. The third kappa shape index (κ3) is 4.76. The smallest absolute Gasteiger partial charge is 0.279 e. The van der Waals surface area contributed by atoms with Crippen molar-refractivity contribution in [2.75, 3.05) is 13.1 Å². The van der Waals surface area contributed by atoms with Crippen LogP contribution in [0, 0.1) is 5.92 Å². The maximum absolute atomic E-state index is 12.9. The van der Waals surface area contributed by atoms with Crippen LogP contribution in [0.1, 0.15) is 43.5 Å². The summed E-state index contributed by atoms with van der Waals surface area (Å²) in [6.07, 6.45) is 2.67. The molecule has 170 valence electrons. The number of rotatable bonds is 5. The molecule has 0 N–H and O–H groups in total. The molecule has 0 saturated carbocycles. The first-order valence-electron chi connectivity index (χ1n) is 10.8. The van der Waals surface area contributed by atoms with Gasteiger partial charge in [-0.2, -0.15) is 9.30 Å². The van der Waals surface area contributed by atoms with Crippen LogP contribution < -0.4 is 4.80 Å². The Labute approximate surface area is 200 Å². The van der Waals surface area contributed by atoms with Crippen LogP contribution >= 0.6 is 27.3 Å². The highest BCUT2D eigenvalue weighted by Crippen LogP contribution is 2.24. The van der Waals surface area contributed by atoms with E-state index in [9.17, 15) is 13.2 Å². The average molecular weight is 537 g/mol. The second-order valence-electron chi connectivity index (χ2n) is 8.18. The van der Waals surface area contributed by atoms with E-state index in [1.165, 1.54) is 27.8 Å². The van der Waals surface area contributed by atoms with Crippen molar-refractivity contribution in [2.24, 2.45) is 10.9 Å². The minimum Gasteiger partial charge on any atom is -0.316 e. The Hall–Kier alpha value is -1.81. The van der Waals surface area contributed by atoms with Crippen LogP contribution in [0.15, 0.2) is 56.8 Å². The van der Waals surface area contributed by atoms with Crippen LogP contribution in [0.5, 0.6) is 0 Å². The number of carbonyl (C=O) groups excluding carboxylic acids is 1. The highest BCUT2D eigenvalue weighted by Gasteiger charge is 2.28. The number of sulfonamides is 1. The van der Waals surface area contributed by atoms with Crippen LogP contribution in [0.4, 0.5) is 0 Å². The number of aryl methyl sites for hydroxylation is 1. The maximum atomic E-state index is 12.9. The largest absolute Gasteiger partial charge is 0.316 e. The van der Waals surface area contributed by atoms with Gasteiger partial charge in [0.2, 0.25) is 10.0 Å². The molecule has 32 heavy (non-hydrogen) atoms. The number of halogens is 1. The van der Waals surface area contributed by atoms with Gasteiger partial charge < -0.3 is 4.57 Å². The predicted molar refractivity (Wildman–Crippen MR) is 131 cm³/mol. The van der Waals surface area contributed by atoms with Crippen LogP contribution in [-0.4, -0.2) is 36.3 Å². The fourth-order valence-corrected chi connectivity index (χ4v) is 6.94. The van der Waals surface area contributed by atoms with Crippen LogP contribution in [0.3, 0.4) is 0 Å². The second-order valence-corrected chi connectivity index (χ2v) is 12.0. The van der Waals surface area contributed by atoms with Crippen LogP contribution in [-0.2, 0) is 16.6 Å². The highest BCUT2D eigenvalue weighted by molar-refractivity contribution is 9.10. The van der Waals surface area contributed by atoms with Gasteiger partial charge in [0.1, 0.15) is 0 Å². The molecule has 4 rings (SSSR count). The summed E-state index contributed by atoms with van der Waals surface area (Å²) in [6, 6.07) is 12.2. The Bertz CT molecular complexity index is 1300. The van der Waals surface area contributed by atoms with Gasteiger partial charge in [-0.15, -0.1) is 0 Å². The summed E-state index contributed by atoms with van der Waals surface area (Å²) in [5.41, 5.74) is 1.42. The maximum Gasteiger partial charge on any atom is 0.279 e. The van der Waals surface area contributed by atoms with Crippen molar-refractivity contribution in [3.63, 3.8) is 0 Å². The third-order valence-electron chi connectivity index (χ3n) is 5.77. The topological polar surface area (TPSA) is 71.7 Å². The lowest BCUT2D eigenvalue weighted by Gasteiger charge is -2.29. The molecule has 0 radical (unpaired) electrons. The van der Waals surface area contributed by atoms with Crippen molar-refractivity contribution in [3.8, 4) is 0 Å². The lowest BCUT2D eigenvalue weighted by atomic mass is 10.0. The van der Waals surface area contributed by atoms with Gasteiger partial charge in [0.25, 0.3) is 5.91 Å². The van der Waals surface area contributed by atoms with E-state index in [1.54, 1.807) is 12.1 Å². The van der Waals surface area contributed by atoms with E-state index >= 15 is 0 Å². The van der Waals surface area contributed by atoms with Gasteiger partial charge in [-0.05, 0) is 67.6 Å². The molecule has 0 aliphatic carbocycles. The van der Waals surface area contributed by atoms with Crippen molar-refractivity contribution in [1.82, 2.24) is 8.87 Å². The first kappa shape index (κ1) is 23.4. The molecule has 0 unspecified atom stereocenters. The van der Waals surface area contributed by atoms with E-state index < -0.39 is 10.0 Å². The molecule has 6 nitrogen and oxygen atoms in total. The molecule has 1 aromatic heterocycles. The van der Waals surface area contributed by atoms with E-state index in [4.69, 9.17) is 0 Å². The standard InChI is InChI=1S/C23H26BrN3O3S2/c1-3-12-27-20-9-6-18(24)15-21(20)31-23(27)25-22(28)17-4-7-19(8-5-17)32(29,30)26-13-10-16(2)11-14-26/h4-9,15-16H,3,10-14H2,1-2H3. The number of benzene rings is 2. The zero-order valence-electron chi connectivity index (χ0n) is 18.1. The van der Waals surface area contributed by atoms with Crippen LogP contribution in [0.25, 0.3) is 10.2 Å². The molecule has 0 spiro atoms. The fourth-order valence-electron chi connectivity index (χ4n) is 3.87. The summed E-state index contributed by atoms with van der Waals surface area (Å²) >= 11 is 4.96. The number of amides is 1. The fraction of sp³-hybridized carbons (Fsp3) is 0.391. The number of carbonyl (C=O) groups is 1. The highest BCUT2D eigenvalue weighted by atomic mass is 79.9. The summed E-state index contributed by atoms with van der Waals surface area (Å²) in [5, 5.41) is 0. The van der Waals surface area contributed by atoms with Crippen LogP contribution in [0.2, 0.25) is 0 Å². The van der Waals surface area contributed by atoms with Crippen molar-refractivity contribution in [1.29, 1.82) is 0 Å². The molecular weight excluding hydrogens is 510 g/mol. The monoisotopic (exact) mass is 535 g/mol. The van der Waals surface area contributed by atoms with Crippen molar-refractivity contribution in [2.45, 2.75) is 44.6 Å². The van der Waals surface area contributed by atoms with Gasteiger partial charge in [0.15, 0.2) is 4.80 Å². The Balaban J connectivity index is 1.62. The number of piperidine rings is 1. The molecule has 9 heteroatoms. The molecule has 0 bridgehead atoms. The molecule has 1 aliphatic rings. The van der Waals surface area contributed by atoms with Gasteiger partial charge in [0.05, 0.1) is 15.1 Å². The van der Waals surface area contributed by atoms with Crippen molar-refractivity contribution < 1.29 is 13.2 Å². The molecule has 1 fully saturated rings. The quantitative estimate of drug-likeness (QED) is 0.459.